The minimum atomic E-state index is -0.957. The first kappa shape index (κ1) is 16.7. The SMILES string of the molecule is CCN1C(=O)C(=O)N(CC(=O)N(c2ccccc2)C(C)C)C1=O. The van der Waals surface area contributed by atoms with Gasteiger partial charge in [0.1, 0.15) is 6.54 Å². The van der Waals surface area contributed by atoms with Crippen LogP contribution in [0.5, 0.6) is 0 Å². The first-order valence-electron chi connectivity index (χ1n) is 7.42. The Morgan fingerprint density at radius 3 is 2.09 bits per heavy atom. The van der Waals surface area contributed by atoms with Gasteiger partial charge in [0, 0.05) is 18.3 Å². The van der Waals surface area contributed by atoms with Crippen molar-refractivity contribution in [3.05, 3.63) is 30.3 Å². The second-order valence-electron chi connectivity index (χ2n) is 5.42. The van der Waals surface area contributed by atoms with Crippen molar-refractivity contribution in [3.63, 3.8) is 0 Å². The van der Waals surface area contributed by atoms with E-state index in [0.717, 1.165) is 4.90 Å². The van der Waals surface area contributed by atoms with E-state index in [2.05, 4.69) is 0 Å². The Labute approximate surface area is 134 Å². The molecule has 1 aliphatic heterocycles. The maximum absolute atomic E-state index is 12.6. The van der Waals surface area contributed by atoms with Crippen LogP contribution >= 0.6 is 0 Å². The van der Waals surface area contributed by atoms with Crippen molar-refractivity contribution in [2.75, 3.05) is 18.0 Å². The van der Waals surface area contributed by atoms with Crippen LogP contribution in [0.25, 0.3) is 0 Å². The summed E-state index contributed by atoms with van der Waals surface area (Å²) in [5.74, 6) is -2.26. The molecule has 0 atom stereocenters. The largest absolute Gasteiger partial charge is 0.334 e. The van der Waals surface area contributed by atoms with Gasteiger partial charge in [0.2, 0.25) is 5.91 Å². The van der Waals surface area contributed by atoms with E-state index >= 15 is 0 Å². The molecule has 1 aromatic carbocycles. The van der Waals surface area contributed by atoms with Gasteiger partial charge in [-0.2, -0.15) is 0 Å². The summed E-state index contributed by atoms with van der Waals surface area (Å²) in [4.78, 5) is 51.3. The van der Waals surface area contributed by atoms with E-state index in [9.17, 15) is 19.2 Å². The molecule has 0 aliphatic carbocycles. The number of carbonyl (C=O) groups excluding carboxylic acids is 4. The molecule has 1 aliphatic rings. The number of hydrogen-bond acceptors (Lipinski definition) is 4. The second-order valence-corrected chi connectivity index (χ2v) is 5.42. The molecule has 0 N–H and O–H groups in total. The van der Waals surface area contributed by atoms with Gasteiger partial charge < -0.3 is 4.90 Å². The fourth-order valence-electron chi connectivity index (χ4n) is 2.50. The molecule has 5 amide bonds. The monoisotopic (exact) mass is 317 g/mol. The first-order chi connectivity index (χ1) is 10.9. The van der Waals surface area contributed by atoms with Crippen molar-refractivity contribution in [1.29, 1.82) is 0 Å². The van der Waals surface area contributed by atoms with Gasteiger partial charge in [-0.1, -0.05) is 18.2 Å². The lowest BCUT2D eigenvalue weighted by Crippen LogP contribution is -2.46. The van der Waals surface area contributed by atoms with E-state index in [-0.39, 0.29) is 12.6 Å². The highest BCUT2D eigenvalue weighted by atomic mass is 16.2. The fourth-order valence-corrected chi connectivity index (χ4v) is 2.50. The van der Waals surface area contributed by atoms with Crippen molar-refractivity contribution in [2.45, 2.75) is 26.8 Å². The topological polar surface area (TPSA) is 78.0 Å². The Bertz CT molecular complexity index is 642. The van der Waals surface area contributed by atoms with Gasteiger partial charge in [0.25, 0.3) is 0 Å². The molecule has 0 bridgehead atoms. The van der Waals surface area contributed by atoms with Crippen LogP contribution in [0.15, 0.2) is 30.3 Å². The highest BCUT2D eigenvalue weighted by molar-refractivity contribution is 6.45. The molecule has 7 heteroatoms. The Balaban J connectivity index is 2.21. The van der Waals surface area contributed by atoms with Crippen molar-refractivity contribution in [3.8, 4) is 0 Å². The number of amides is 5. The predicted molar refractivity (Wildman–Crippen MR) is 83.6 cm³/mol. The van der Waals surface area contributed by atoms with Gasteiger partial charge in [0.05, 0.1) is 0 Å². The third-order valence-electron chi connectivity index (χ3n) is 3.56. The normalized spacial score (nSPS) is 14.9. The van der Waals surface area contributed by atoms with Gasteiger partial charge in [-0.3, -0.25) is 19.3 Å². The summed E-state index contributed by atoms with van der Waals surface area (Å²) in [6, 6.07) is 8.07. The number of rotatable bonds is 5. The Kier molecular flexibility index (Phi) is 4.78. The number of likely N-dealkylation sites (N-methyl/N-ethyl adjacent to an activating group) is 1. The van der Waals surface area contributed by atoms with E-state index in [1.54, 1.807) is 31.2 Å². The highest BCUT2D eigenvalue weighted by Crippen LogP contribution is 2.18. The Morgan fingerprint density at radius 1 is 1.04 bits per heavy atom. The summed E-state index contributed by atoms with van der Waals surface area (Å²) < 4.78 is 0. The average molecular weight is 317 g/mol. The minimum absolute atomic E-state index is 0.0979. The molecule has 0 saturated carbocycles. The van der Waals surface area contributed by atoms with Gasteiger partial charge in [-0.25, -0.2) is 9.69 Å². The Hall–Kier alpha value is -2.70. The standard InChI is InChI=1S/C16H19N3O4/c1-4-17-14(21)15(22)18(16(17)23)10-13(20)19(11(2)3)12-8-6-5-7-9-12/h5-9,11H,4,10H2,1-3H3. The van der Waals surface area contributed by atoms with E-state index in [1.807, 2.05) is 19.9 Å². The van der Waals surface area contributed by atoms with Crippen molar-refractivity contribution < 1.29 is 19.2 Å². The van der Waals surface area contributed by atoms with Gasteiger partial charge in [-0.05, 0) is 32.9 Å². The summed E-state index contributed by atoms with van der Waals surface area (Å²) in [5.41, 5.74) is 0.672. The number of imide groups is 2. The molecule has 7 nitrogen and oxygen atoms in total. The maximum Gasteiger partial charge on any atom is 0.334 e. The number of carbonyl (C=O) groups is 4. The van der Waals surface area contributed by atoms with Crippen LogP contribution in [0.3, 0.4) is 0 Å². The molecule has 0 radical (unpaired) electrons. The molecule has 23 heavy (non-hydrogen) atoms. The number of benzene rings is 1. The van der Waals surface area contributed by atoms with Crippen molar-refractivity contribution >= 4 is 29.4 Å². The zero-order valence-corrected chi connectivity index (χ0v) is 13.4. The van der Waals surface area contributed by atoms with Crippen molar-refractivity contribution in [1.82, 2.24) is 9.80 Å². The van der Waals surface area contributed by atoms with Crippen LogP contribution in [-0.4, -0.2) is 52.7 Å². The van der Waals surface area contributed by atoms with Crippen LogP contribution in [-0.2, 0) is 14.4 Å². The second kappa shape index (κ2) is 6.60. The summed E-state index contributed by atoms with van der Waals surface area (Å²) in [6.45, 7) is 4.91. The van der Waals surface area contributed by atoms with E-state index < -0.39 is 30.3 Å². The summed E-state index contributed by atoms with van der Waals surface area (Å²) in [6.07, 6.45) is 0. The van der Waals surface area contributed by atoms with Gasteiger partial charge >= 0.3 is 17.8 Å². The van der Waals surface area contributed by atoms with Crippen LogP contribution in [0.2, 0.25) is 0 Å². The smallest absolute Gasteiger partial charge is 0.308 e. The quantitative estimate of drug-likeness (QED) is 0.604. The molecule has 0 aromatic heterocycles. The number of nitrogens with zero attached hydrogens (tertiary/aromatic N) is 3. The highest BCUT2D eigenvalue weighted by Gasteiger charge is 2.44. The molecule has 1 heterocycles. The van der Waals surface area contributed by atoms with E-state index in [4.69, 9.17) is 0 Å². The number of para-hydroxylation sites is 1. The molecule has 1 aromatic rings. The van der Waals surface area contributed by atoms with E-state index in [1.165, 1.54) is 4.90 Å². The lowest BCUT2D eigenvalue weighted by molar-refractivity contribution is -0.143. The third kappa shape index (κ3) is 3.08. The lowest BCUT2D eigenvalue weighted by Gasteiger charge is -2.28. The van der Waals surface area contributed by atoms with Crippen molar-refractivity contribution in [2.24, 2.45) is 0 Å². The molecule has 122 valence electrons. The lowest BCUT2D eigenvalue weighted by atomic mass is 10.2. The van der Waals surface area contributed by atoms with Gasteiger partial charge in [-0.15, -0.1) is 0 Å². The molecule has 2 rings (SSSR count). The average Bonchev–Trinajstić information content (AvgIpc) is 2.71. The third-order valence-corrected chi connectivity index (χ3v) is 3.56. The maximum atomic E-state index is 12.6. The summed E-state index contributed by atoms with van der Waals surface area (Å²) in [7, 11) is 0. The Morgan fingerprint density at radius 2 is 1.61 bits per heavy atom. The molecular formula is C16H19N3O4. The molecule has 0 unspecified atom stereocenters. The molecule has 0 spiro atoms. The van der Waals surface area contributed by atoms with Crippen LogP contribution in [0.1, 0.15) is 20.8 Å². The zero-order valence-electron chi connectivity index (χ0n) is 13.4. The molecule has 1 saturated heterocycles. The number of hydrogen-bond donors (Lipinski definition) is 0. The summed E-state index contributed by atoms with van der Waals surface area (Å²) in [5, 5.41) is 0. The predicted octanol–water partition coefficient (Wildman–Crippen LogP) is 1.24. The minimum Gasteiger partial charge on any atom is -0.308 e. The van der Waals surface area contributed by atoms with Crippen LogP contribution < -0.4 is 4.90 Å². The summed E-state index contributed by atoms with van der Waals surface area (Å²) >= 11 is 0. The molecule has 1 fully saturated rings. The van der Waals surface area contributed by atoms with Gasteiger partial charge in [0.15, 0.2) is 0 Å². The fraction of sp³-hybridized carbons (Fsp3) is 0.375. The number of anilines is 1. The number of urea groups is 1. The van der Waals surface area contributed by atoms with Crippen LogP contribution in [0.4, 0.5) is 10.5 Å². The first-order valence-corrected chi connectivity index (χ1v) is 7.42. The van der Waals surface area contributed by atoms with Crippen LogP contribution in [0, 0.1) is 0 Å². The molecular weight excluding hydrogens is 298 g/mol. The zero-order chi connectivity index (χ0) is 17.1. The van der Waals surface area contributed by atoms with E-state index in [0.29, 0.717) is 10.6 Å².